The van der Waals surface area contributed by atoms with Gasteiger partial charge in [0.1, 0.15) is 35.5 Å². The highest BCUT2D eigenvalue weighted by molar-refractivity contribution is 5.95. The van der Waals surface area contributed by atoms with Crippen molar-refractivity contribution in [1.82, 2.24) is 30.3 Å². The summed E-state index contributed by atoms with van der Waals surface area (Å²) in [6, 6.07) is 12.7. The first kappa shape index (κ1) is 27.1. The van der Waals surface area contributed by atoms with Crippen molar-refractivity contribution in [1.29, 1.82) is 0 Å². The number of carbonyl (C=O) groups is 2. The van der Waals surface area contributed by atoms with Crippen molar-refractivity contribution < 1.29 is 23.8 Å². The number of aromatic nitrogens is 3. The van der Waals surface area contributed by atoms with Gasteiger partial charge in [-0.3, -0.25) is 14.5 Å². The number of amides is 2. The van der Waals surface area contributed by atoms with Gasteiger partial charge in [0.2, 0.25) is 0 Å². The van der Waals surface area contributed by atoms with Gasteiger partial charge in [-0.1, -0.05) is 12.1 Å². The van der Waals surface area contributed by atoms with Crippen LogP contribution in [0, 0.1) is 5.92 Å². The normalized spacial score (nSPS) is 21.4. The Morgan fingerprint density at radius 1 is 1.07 bits per heavy atom. The standard InChI is InChI=1S/C30H36N6O5/c1-19(2)36-18-32-34-28(36)15-35-13-26-27(14-35)41-23-7-5-20(6-8-23)12-31-29(37)17-40-25-10-22(30(38)33-26)9-24(11-25)39-16-21-3-4-21/h5-11,18-19,21,26-27H,3-4,12-17H2,1-2H3,(H,31,37)(H,33,38)/t26-,27-/m0/s1. The molecule has 2 atom stereocenters. The fraction of sp³-hybridized carbons (Fsp3) is 0.467. The minimum absolute atomic E-state index is 0.172. The zero-order chi connectivity index (χ0) is 28.3. The molecule has 2 fully saturated rings. The fourth-order valence-corrected chi connectivity index (χ4v) is 5.13. The summed E-state index contributed by atoms with van der Waals surface area (Å²) < 4.78 is 20.3. The Hall–Kier alpha value is -4.12. The molecule has 0 radical (unpaired) electrons. The predicted octanol–water partition coefficient (Wildman–Crippen LogP) is 2.72. The lowest BCUT2D eigenvalue weighted by Crippen LogP contribution is -2.45. The number of fused-ring (bicyclic) bond motifs is 7. The zero-order valence-corrected chi connectivity index (χ0v) is 23.4. The van der Waals surface area contributed by atoms with Crippen LogP contribution in [0.4, 0.5) is 0 Å². The molecule has 4 aliphatic rings. The molecule has 0 unspecified atom stereocenters. The Morgan fingerprint density at radius 3 is 2.68 bits per heavy atom. The van der Waals surface area contributed by atoms with Gasteiger partial charge in [-0.05, 0) is 62.4 Å². The zero-order valence-electron chi connectivity index (χ0n) is 23.4. The second-order valence-corrected chi connectivity index (χ2v) is 11.3. The molecular formula is C30H36N6O5. The Bertz CT molecular complexity index is 1390. The van der Waals surface area contributed by atoms with Gasteiger partial charge in [0.05, 0.1) is 19.2 Å². The van der Waals surface area contributed by atoms with Crippen LogP contribution in [-0.4, -0.2) is 69.9 Å². The quantitative estimate of drug-likeness (QED) is 0.472. The molecule has 2 amide bonds. The smallest absolute Gasteiger partial charge is 0.258 e. The van der Waals surface area contributed by atoms with Crippen molar-refractivity contribution >= 4 is 11.8 Å². The number of likely N-dealkylation sites (tertiary alicyclic amines) is 1. The van der Waals surface area contributed by atoms with Crippen LogP contribution in [0.1, 0.15) is 54.5 Å². The SMILES string of the molecule is CC(C)n1cnnc1CN1C[C@@H]2NC(=O)c3cc(cc(OCC4CC4)c3)OCC(=O)NCc3ccc(cc3)O[C@H]2C1. The van der Waals surface area contributed by atoms with Crippen molar-refractivity contribution in [2.75, 3.05) is 26.3 Å². The summed E-state index contributed by atoms with van der Waals surface area (Å²) in [6.45, 7) is 6.76. The number of benzene rings is 2. The van der Waals surface area contributed by atoms with E-state index in [-0.39, 0.29) is 36.6 Å². The van der Waals surface area contributed by atoms with Gasteiger partial charge in [0.15, 0.2) is 6.61 Å². The number of ether oxygens (including phenoxy) is 3. The molecule has 4 heterocycles. The number of rotatable bonds is 6. The first-order chi connectivity index (χ1) is 19.9. The van der Waals surface area contributed by atoms with Crippen molar-refractivity contribution in [3.05, 3.63) is 65.7 Å². The average molecular weight is 561 g/mol. The Kier molecular flexibility index (Phi) is 7.78. The van der Waals surface area contributed by atoms with E-state index in [1.807, 2.05) is 24.3 Å². The molecule has 11 heteroatoms. The van der Waals surface area contributed by atoms with Gasteiger partial charge in [-0.2, -0.15) is 0 Å². The van der Waals surface area contributed by atoms with Crippen molar-refractivity contribution in [3.8, 4) is 17.2 Å². The minimum Gasteiger partial charge on any atom is -0.493 e. The maximum Gasteiger partial charge on any atom is 0.258 e. The first-order valence-electron chi connectivity index (χ1n) is 14.2. The molecular weight excluding hydrogens is 524 g/mol. The van der Waals surface area contributed by atoms with E-state index in [1.54, 1.807) is 24.5 Å². The lowest BCUT2D eigenvalue weighted by molar-refractivity contribution is -0.123. The molecule has 3 aliphatic heterocycles. The van der Waals surface area contributed by atoms with E-state index < -0.39 is 0 Å². The minimum atomic E-state index is -0.291. The van der Waals surface area contributed by atoms with Crippen LogP contribution in [0.5, 0.6) is 17.2 Å². The molecule has 0 spiro atoms. The molecule has 2 aromatic carbocycles. The molecule has 11 nitrogen and oxygen atoms in total. The summed E-state index contributed by atoms with van der Waals surface area (Å²) in [7, 11) is 0. The maximum atomic E-state index is 13.6. The van der Waals surface area contributed by atoms with Crippen molar-refractivity contribution in [3.63, 3.8) is 0 Å². The molecule has 216 valence electrons. The van der Waals surface area contributed by atoms with E-state index in [2.05, 4.69) is 44.1 Å². The van der Waals surface area contributed by atoms with Gasteiger partial charge in [-0.25, -0.2) is 0 Å². The lowest BCUT2D eigenvalue weighted by atomic mass is 10.1. The molecule has 1 saturated heterocycles. The molecule has 1 aliphatic carbocycles. The highest BCUT2D eigenvalue weighted by atomic mass is 16.5. The van der Waals surface area contributed by atoms with Crippen LogP contribution in [0.3, 0.4) is 0 Å². The Labute approximate surface area is 239 Å². The van der Waals surface area contributed by atoms with Crippen LogP contribution in [-0.2, 0) is 17.9 Å². The Morgan fingerprint density at radius 2 is 1.90 bits per heavy atom. The molecule has 7 rings (SSSR count). The third-order valence-electron chi connectivity index (χ3n) is 7.62. The maximum absolute atomic E-state index is 13.6. The predicted molar refractivity (Wildman–Crippen MR) is 150 cm³/mol. The van der Waals surface area contributed by atoms with E-state index in [1.165, 1.54) is 0 Å². The summed E-state index contributed by atoms with van der Waals surface area (Å²) in [4.78, 5) is 28.3. The first-order valence-corrected chi connectivity index (χ1v) is 14.2. The molecule has 3 aromatic rings. The number of nitrogens with one attached hydrogen (secondary N) is 2. The van der Waals surface area contributed by atoms with Crippen LogP contribution in [0.15, 0.2) is 48.8 Å². The van der Waals surface area contributed by atoms with Gasteiger partial charge >= 0.3 is 0 Å². The van der Waals surface area contributed by atoms with Crippen LogP contribution in [0.2, 0.25) is 0 Å². The topological polar surface area (TPSA) is 120 Å². The van der Waals surface area contributed by atoms with Gasteiger partial charge in [0, 0.05) is 37.3 Å². The number of hydrogen-bond donors (Lipinski definition) is 2. The molecule has 1 saturated carbocycles. The highest BCUT2D eigenvalue weighted by Crippen LogP contribution is 2.31. The van der Waals surface area contributed by atoms with E-state index in [0.717, 1.165) is 24.2 Å². The van der Waals surface area contributed by atoms with Crippen molar-refractivity contribution in [2.24, 2.45) is 5.92 Å². The fourth-order valence-electron chi connectivity index (χ4n) is 5.13. The van der Waals surface area contributed by atoms with E-state index in [4.69, 9.17) is 14.2 Å². The number of carbonyl (C=O) groups excluding carboxylic acids is 2. The van der Waals surface area contributed by atoms with Crippen LogP contribution < -0.4 is 24.8 Å². The molecule has 4 bridgehead atoms. The molecule has 41 heavy (non-hydrogen) atoms. The molecule has 1 aromatic heterocycles. The summed E-state index contributed by atoms with van der Waals surface area (Å²) in [5, 5.41) is 14.5. The van der Waals surface area contributed by atoms with E-state index >= 15 is 0 Å². The summed E-state index contributed by atoms with van der Waals surface area (Å²) >= 11 is 0. The van der Waals surface area contributed by atoms with Gasteiger partial charge in [0.25, 0.3) is 11.8 Å². The average Bonchev–Trinajstić information content (AvgIpc) is 3.56. The monoisotopic (exact) mass is 560 g/mol. The second kappa shape index (κ2) is 11.8. The third kappa shape index (κ3) is 6.79. The van der Waals surface area contributed by atoms with E-state index in [0.29, 0.717) is 61.5 Å². The Balaban J connectivity index is 1.26. The van der Waals surface area contributed by atoms with Gasteiger partial charge in [-0.15, -0.1) is 10.2 Å². The highest BCUT2D eigenvalue weighted by Gasteiger charge is 2.36. The summed E-state index contributed by atoms with van der Waals surface area (Å²) in [5.74, 6) is 2.55. The van der Waals surface area contributed by atoms with Crippen LogP contribution >= 0.6 is 0 Å². The van der Waals surface area contributed by atoms with E-state index in [9.17, 15) is 9.59 Å². The third-order valence-corrected chi connectivity index (χ3v) is 7.62. The molecule has 2 N–H and O–H groups in total. The summed E-state index contributed by atoms with van der Waals surface area (Å²) in [6.07, 6.45) is 3.76. The van der Waals surface area contributed by atoms with Gasteiger partial charge < -0.3 is 29.4 Å². The summed E-state index contributed by atoms with van der Waals surface area (Å²) in [5.41, 5.74) is 1.34. The lowest BCUT2D eigenvalue weighted by Gasteiger charge is -2.22. The number of hydrogen-bond acceptors (Lipinski definition) is 8. The largest absolute Gasteiger partial charge is 0.493 e. The second-order valence-electron chi connectivity index (χ2n) is 11.3. The van der Waals surface area contributed by atoms with Crippen molar-refractivity contribution in [2.45, 2.75) is 58.0 Å². The number of nitrogens with zero attached hydrogens (tertiary/aromatic N) is 4. The van der Waals surface area contributed by atoms with Crippen LogP contribution in [0.25, 0.3) is 0 Å².